The number of carboxylic acids is 1. The summed E-state index contributed by atoms with van der Waals surface area (Å²) in [5, 5.41) is 49.1. The molecule has 148 heavy (non-hydrogen) atoms. The normalized spacial score (nSPS) is 29.5. The number of alkyl halides is 6. The molecule has 0 spiro atoms. The zero-order valence-corrected chi connectivity index (χ0v) is 88.7. The first kappa shape index (κ1) is 119. The molecule has 2 bridgehead atoms. The summed E-state index contributed by atoms with van der Waals surface area (Å²) in [5.41, 5.74) is 7.34. The third-order valence-electron chi connectivity index (χ3n) is 26.5. The van der Waals surface area contributed by atoms with Gasteiger partial charge in [0.15, 0.2) is 39.3 Å². The molecule has 0 radical (unpaired) electrons. The van der Waals surface area contributed by atoms with Crippen LogP contribution in [-0.2, 0) is 158 Å². The molecule has 7 aliphatic heterocycles. The first-order valence-electron chi connectivity index (χ1n) is 49.9. The fourth-order valence-electron chi connectivity index (χ4n) is 18.1. The Labute approximate surface area is 899 Å². The van der Waals surface area contributed by atoms with Gasteiger partial charge in [-0.1, -0.05) is 271 Å². The van der Waals surface area contributed by atoms with E-state index in [0.717, 1.165) is 44.5 Å². The van der Waals surface area contributed by atoms with Crippen LogP contribution in [0, 0.1) is 17.8 Å². The van der Waals surface area contributed by atoms with Gasteiger partial charge in [0.25, 0.3) is 0 Å². The number of aliphatic carboxylic acids is 1. The summed E-state index contributed by atoms with van der Waals surface area (Å²) in [5.74, 6) is -7.51. The van der Waals surface area contributed by atoms with Crippen molar-refractivity contribution in [2.45, 2.75) is 290 Å². The third-order valence-corrected chi connectivity index (χ3v) is 30.1. The van der Waals surface area contributed by atoms with E-state index in [1.54, 1.807) is 0 Å². The van der Waals surface area contributed by atoms with Gasteiger partial charge in [0.2, 0.25) is 11.6 Å². The highest BCUT2D eigenvalue weighted by Crippen LogP contribution is 2.50. The van der Waals surface area contributed by atoms with E-state index in [1.165, 1.54) is 0 Å². The topological polar surface area (TPSA) is 363 Å². The molecule has 28 atom stereocenters. The Balaban J connectivity index is 0.000000233. The number of ether oxygens (including phenoxy) is 20. The van der Waals surface area contributed by atoms with Crippen molar-refractivity contribution in [3.05, 3.63) is 287 Å². The van der Waals surface area contributed by atoms with Gasteiger partial charge in [-0.2, -0.15) is 0 Å². The summed E-state index contributed by atoms with van der Waals surface area (Å²) < 4.78 is 131. The molecule has 0 aromatic heterocycles. The Morgan fingerprint density at radius 1 is 0.446 bits per heavy atom. The van der Waals surface area contributed by atoms with Crippen LogP contribution < -0.4 is 0 Å². The molecule has 8 aromatic rings. The number of aliphatic hydroxyl groups excluding tert-OH is 4. The second-order valence-electron chi connectivity index (χ2n) is 38.4. The van der Waals surface area contributed by atoms with Crippen LogP contribution in [0.1, 0.15) is 138 Å². The number of carbonyl (C=O) groups is 4. The van der Waals surface area contributed by atoms with Gasteiger partial charge >= 0.3 is 23.9 Å². The number of benzene rings is 8. The summed E-state index contributed by atoms with van der Waals surface area (Å²) in [6.07, 6.45) is -15.4. The molecule has 7 heterocycles. The first-order valence-corrected chi connectivity index (χ1v) is 56.3. The van der Waals surface area contributed by atoms with Crippen molar-refractivity contribution >= 4 is 102 Å². The molecule has 37 heteroatoms. The van der Waals surface area contributed by atoms with E-state index in [-0.39, 0.29) is 161 Å². The van der Waals surface area contributed by atoms with Crippen molar-refractivity contribution in [2.75, 3.05) is 63.2 Å². The van der Waals surface area contributed by atoms with E-state index >= 15 is 0 Å². The Hall–Kier alpha value is -7.28. The van der Waals surface area contributed by atoms with E-state index < -0.39 is 178 Å². The summed E-state index contributed by atoms with van der Waals surface area (Å²) in [7, 11) is -1.82. The van der Waals surface area contributed by atoms with Crippen LogP contribution in [0.5, 0.6) is 0 Å². The average Bonchev–Trinajstić information content (AvgIpc) is 1.56. The molecule has 15 rings (SSSR count). The Morgan fingerprint density at radius 2 is 0.824 bits per heavy atom. The van der Waals surface area contributed by atoms with Crippen LogP contribution in [0.3, 0.4) is 0 Å². The lowest BCUT2D eigenvalue weighted by molar-refractivity contribution is -0.338. The lowest BCUT2D eigenvalue weighted by atomic mass is 9.86. The van der Waals surface area contributed by atoms with E-state index in [0.29, 0.717) is 25.3 Å². The maximum absolute atomic E-state index is 13.5. The highest BCUT2D eigenvalue weighted by atomic mass is 35.5. The molecular weight excluding hydrogens is 2050 g/mol. The third kappa shape index (κ3) is 33.6. The monoisotopic (exact) mass is 2190 g/mol. The number of carbonyl (C=O) groups excluding carboxylic acids is 3. The Morgan fingerprint density at radius 3 is 1.21 bits per heavy atom. The van der Waals surface area contributed by atoms with Gasteiger partial charge in [-0.05, 0) is 84.6 Å². The summed E-state index contributed by atoms with van der Waals surface area (Å²) in [4.78, 5) is 50.3. The van der Waals surface area contributed by atoms with Gasteiger partial charge in [0.1, 0.15) is 111 Å². The summed E-state index contributed by atoms with van der Waals surface area (Å²) in [6.45, 7) is 13.4. The molecule has 0 amide bonds. The lowest BCUT2D eigenvalue weighted by Crippen LogP contribution is -2.57. The molecule has 5 N–H and O–H groups in total. The van der Waals surface area contributed by atoms with Gasteiger partial charge in [-0.3, -0.25) is 19.2 Å². The van der Waals surface area contributed by atoms with Crippen molar-refractivity contribution in [3.8, 4) is 0 Å². The maximum Gasteiger partial charge on any atom is 0.305 e. The molecule has 0 aliphatic carbocycles. The van der Waals surface area contributed by atoms with E-state index in [4.69, 9.17) is 174 Å². The van der Waals surface area contributed by atoms with Crippen LogP contribution in [0.25, 0.3) is 0 Å². The lowest BCUT2D eigenvalue weighted by Gasteiger charge is -2.45. The molecule has 7 aliphatic rings. The van der Waals surface area contributed by atoms with Gasteiger partial charge in [0, 0.05) is 50.1 Å². The largest absolute Gasteiger partial charge is 0.481 e. The highest BCUT2D eigenvalue weighted by molar-refractivity contribution is 6.69. The van der Waals surface area contributed by atoms with Crippen LogP contribution >= 0.6 is 69.6 Å². The van der Waals surface area contributed by atoms with Gasteiger partial charge < -0.3 is 125 Å². The van der Waals surface area contributed by atoms with Gasteiger partial charge in [-0.15, -0.1) is 69.6 Å². The molecular formula is C111H142Cl6O30Si. The van der Waals surface area contributed by atoms with E-state index in [9.17, 15) is 39.6 Å². The second kappa shape index (κ2) is 59.4. The minimum Gasteiger partial charge on any atom is -0.481 e. The van der Waals surface area contributed by atoms with Gasteiger partial charge in [-0.25, -0.2) is 0 Å². The average molecular weight is 2200 g/mol. The number of aliphatic hydroxyl groups is 4. The molecule has 10 unspecified atom stereocenters. The quantitative estimate of drug-likeness (QED) is 0.00777. The van der Waals surface area contributed by atoms with Crippen LogP contribution in [-0.4, -0.2) is 259 Å². The summed E-state index contributed by atoms with van der Waals surface area (Å²) in [6, 6.07) is 77.8. The minimum atomic E-state index is -1.94. The molecule has 8 aromatic carbocycles. The number of unbranched alkanes of at least 4 members (excludes halogenated alkanes) is 2. The molecule has 7 saturated heterocycles. The fraction of sp³-hybridized carbons (Fsp3) is 0.532. The van der Waals surface area contributed by atoms with E-state index in [2.05, 4.69) is 19.6 Å². The minimum absolute atomic E-state index is 0. The molecule has 30 nitrogen and oxygen atoms in total. The van der Waals surface area contributed by atoms with Crippen molar-refractivity contribution in [1.29, 1.82) is 0 Å². The molecule has 0 saturated carbocycles. The SMILES string of the molecule is C.CC1[C@H](O[Si](C)(C)C)[C@H](CCl)O[C@@]1(CCl)OC1OC(CO)C(Cl)[C@H](C)[C@@H]1C.O=C(CCCCC(=O)OCC12OC([C@@H](O[C@]3(CCl)O[C@H](CCl)[C@H](O)[C@@H]3O)O1)[C@@H](O)[C@H]2Cl)OC[C@H](OCc1ccccc1)C(OCc1ccccc1)C1O[C@H](c2ccccc2)OC[C@@H]1OCc1ccccc1.O=C(O)CCCCC(=O)OC[C@H](OCc1ccccc1)C(OCc1ccccc1)C1O[C@H](c2ccccc2)OC[C@@H]1OCc1ccccc1.[2HH]. The Kier molecular flexibility index (Phi) is 47.9. The van der Waals surface area contributed by atoms with E-state index in [1.807, 2.05) is 263 Å². The van der Waals surface area contributed by atoms with Crippen molar-refractivity contribution in [3.63, 3.8) is 0 Å². The number of rotatable bonds is 51. The second-order valence-corrected chi connectivity index (χ2v) is 45.0. The number of carboxylic acid groups (broad SMARTS) is 1. The first-order chi connectivity index (χ1) is 71.0. The fourth-order valence-corrected chi connectivity index (χ4v) is 21.1. The molecule has 812 valence electrons. The van der Waals surface area contributed by atoms with Crippen LogP contribution in [0.15, 0.2) is 243 Å². The number of halogens is 6. The Bertz CT molecular complexity index is 5190. The number of hydrogen-bond donors (Lipinski definition) is 5. The number of fused-ring (bicyclic) bond motifs is 2. The maximum atomic E-state index is 13.5. The number of esters is 3. The van der Waals surface area contributed by atoms with Crippen molar-refractivity contribution in [1.82, 2.24) is 0 Å². The van der Waals surface area contributed by atoms with Crippen molar-refractivity contribution < 1.29 is 145 Å². The number of hydrogen-bond acceptors (Lipinski definition) is 29. The smallest absolute Gasteiger partial charge is 0.305 e. The summed E-state index contributed by atoms with van der Waals surface area (Å²) >= 11 is 37.5. The van der Waals surface area contributed by atoms with Crippen LogP contribution in [0.4, 0.5) is 0 Å². The predicted molar refractivity (Wildman–Crippen MR) is 558 cm³/mol. The molecule has 7 fully saturated rings. The van der Waals surface area contributed by atoms with Crippen molar-refractivity contribution in [2.24, 2.45) is 17.8 Å². The zero-order valence-electron chi connectivity index (χ0n) is 83.2. The van der Waals surface area contributed by atoms with Gasteiger partial charge in [0.05, 0.1) is 101 Å². The zero-order chi connectivity index (χ0) is 104. The predicted octanol–water partition coefficient (Wildman–Crippen LogP) is 18.2. The van der Waals surface area contributed by atoms with Crippen LogP contribution in [0.2, 0.25) is 19.6 Å². The standard InChI is InChI=1S/C52H59Cl3O16.C40H44O9.C18H33Cl3O5Si.CH4.H2/c53-25-37-42(58)48(60)51(31-54,68-37)70-50-46-43(59)47(55)52(69-46,71-50)32-66-41(57)24-14-13-23-40(56)63-29-38(61-26-33-15-5-1-6-16-33)44(64-28-35-19-9-3-10-20-35)45-39(62-27-34-17-7-2-8-18-34)30-65-49(67-45)36-21-11-4-12-22-36;41-36(42)23-13-14-24-37(43)46-28-34(44-25-30-15-5-1-6-16-30)38(47-27-32-19-9-3-10-20-32)39-35(45-26-31-17-7-2-8-18-31)29-48-40(49-39)33-21-11-4-12-22-33;1-10-11(2)17(23-14(8-22)15(10)21)25-18(9-20)12(3)16(13(7-19)24-18)26-27(4,5)6;;/h1-12,15-22,37-39,42-50,58-60H,13-14,23-32H2;1-12,15-22,34-35,38-40H,13-14,23-29H2,(H,41,42);10-17,22H,7-9H2,1-6H3;1H4;1H/t37-,38+,39+,42+,43-,44?,45?,46?,47-,48+,49-,50+,51+,52?;34-,35-,38?,39?,40+;10-,11+,12?,13+,14?,15?,16+,17?,18+;;/m101../s1/i;;;;1+1. The highest BCUT2D eigenvalue weighted by Gasteiger charge is 2.69.